The van der Waals surface area contributed by atoms with Crippen molar-refractivity contribution >= 4 is 5.91 Å². The van der Waals surface area contributed by atoms with E-state index in [9.17, 15) is 18.0 Å². The van der Waals surface area contributed by atoms with Gasteiger partial charge < -0.3 is 5.32 Å². The molecular weight excluding hydrogens is 295 g/mol. The van der Waals surface area contributed by atoms with Crippen molar-refractivity contribution in [2.24, 2.45) is 0 Å². The minimum absolute atomic E-state index is 0.230. The maximum Gasteiger partial charge on any atom is 0.435 e. The van der Waals surface area contributed by atoms with Crippen molar-refractivity contribution in [1.29, 1.82) is 0 Å². The molecule has 0 radical (unpaired) electrons. The number of benzene rings is 1. The number of nitrogens with one attached hydrogen (secondary N) is 1. The van der Waals surface area contributed by atoms with Gasteiger partial charge in [0.25, 0.3) is 0 Å². The number of alkyl halides is 3. The van der Waals surface area contributed by atoms with Crippen LogP contribution in [0.25, 0.3) is 0 Å². The monoisotopic (exact) mass is 311 g/mol. The predicted molar refractivity (Wildman–Crippen MR) is 75.0 cm³/mol. The summed E-state index contributed by atoms with van der Waals surface area (Å²) in [6.07, 6.45) is -4.51. The molecule has 0 fully saturated rings. The highest BCUT2D eigenvalue weighted by molar-refractivity contribution is 5.76. The molecule has 22 heavy (non-hydrogen) atoms. The minimum atomic E-state index is -4.51. The summed E-state index contributed by atoms with van der Waals surface area (Å²) >= 11 is 0. The number of rotatable bonds is 4. The largest absolute Gasteiger partial charge is 0.435 e. The summed E-state index contributed by atoms with van der Waals surface area (Å²) in [7, 11) is 0. The van der Waals surface area contributed by atoms with E-state index in [4.69, 9.17) is 0 Å². The second-order valence-electron chi connectivity index (χ2n) is 5.03. The van der Waals surface area contributed by atoms with Gasteiger partial charge in [0.05, 0.1) is 6.04 Å². The molecular formula is C15H16F3N3O. The molecule has 2 rings (SSSR count). The van der Waals surface area contributed by atoms with Crippen molar-refractivity contribution in [2.45, 2.75) is 32.6 Å². The van der Waals surface area contributed by atoms with E-state index in [0.29, 0.717) is 0 Å². The van der Waals surface area contributed by atoms with Gasteiger partial charge in [-0.05, 0) is 25.5 Å². The zero-order valence-corrected chi connectivity index (χ0v) is 12.2. The predicted octanol–water partition coefficient (Wildman–Crippen LogP) is 3.09. The molecule has 1 atom stereocenters. The topological polar surface area (TPSA) is 46.9 Å². The van der Waals surface area contributed by atoms with Crippen molar-refractivity contribution in [3.05, 3.63) is 53.3 Å². The van der Waals surface area contributed by atoms with Crippen molar-refractivity contribution in [1.82, 2.24) is 15.1 Å². The van der Waals surface area contributed by atoms with Gasteiger partial charge in [0.1, 0.15) is 6.54 Å². The maximum atomic E-state index is 12.6. The Bertz CT molecular complexity index is 650. The molecule has 0 spiro atoms. The highest BCUT2D eigenvalue weighted by Gasteiger charge is 2.34. The van der Waals surface area contributed by atoms with Crippen LogP contribution in [0.15, 0.2) is 36.4 Å². The summed E-state index contributed by atoms with van der Waals surface area (Å²) in [6.45, 7) is 3.04. The van der Waals surface area contributed by atoms with Crippen LogP contribution in [-0.4, -0.2) is 15.7 Å². The lowest BCUT2D eigenvalue weighted by Gasteiger charge is -2.14. The number of carbonyl (C=O) groups is 1. The molecule has 1 amide bonds. The molecule has 7 heteroatoms. The molecule has 1 aromatic heterocycles. The van der Waals surface area contributed by atoms with Crippen molar-refractivity contribution < 1.29 is 18.0 Å². The van der Waals surface area contributed by atoms with Crippen LogP contribution in [0, 0.1) is 6.92 Å². The van der Waals surface area contributed by atoms with Crippen molar-refractivity contribution in [3.8, 4) is 0 Å². The van der Waals surface area contributed by atoms with E-state index in [0.717, 1.165) is 16.3 Å². The number of hydrogen-bond acceptors (Lipinski definition) is 2. The highest BCUT2D eigenvalue weighted by Crippen LogP contribution is 2.28. The van der Waals surface area contributed by atoms with E-state index in [2.05, 4.69) is 10.4 Å². The Hall–Kier alpha value is -2.31. The van der Waals surface area contributed by atoms with Gasteiger partial charge in [0.15, 0.2) is 5.69 Å². The number of aryl methyl sites for hydroxylation is 1. The molecule has 0 aliphatic heterocycles. The smallest absolute Gasteiger partial charge is 0.348 e. The van der Waals surface area contributed by atoms with Gasteiger partial charge in [0.2, 0.25) is 5.91 Å². The summed E-state index contributed by atoms with van der Waals surface area (Å²) in [5.74, 6) is -0.392. The van der Waals surface area contributed by atoms with Crippen LogP contribution < -0.4 is 5.32 Å². The second kappa shape index (κ2) is 6.21. The van der Waals surface area contributed by atoms with E-state index in [-0.39, 0.29) is 18.3 Å². The third-order valence-electron chi connectivity index (χ3n) is 3.24. The van der Waals surface area contributed by atoms with E-state index >= 15 is 0 Å². The zero-order chi connectivity index (χ0) is 16.3. The molecule has 2 aromatic rings. The number of amides is 1. The van der Waals surface area contributed by atoms with E-state index in [1.54, 1.807) is 0 Å². The van der Waals surface area contributed by atoms with Crippen LogP contribution in [0.2, 0.25) is 0 Å². The number of carbonyl (C=O) groups excluding carboxylic acids is 1. The van der Waals surface area contributed by atoms with E-state index in [1.807, 2.05) is 37.3 Å². The highest BCUT2D eigenvalue weighted by atomic mass is 19.4. The number of hydrogen-bond donors (Lipinski definition) is 1. The van der Waals surface area contributed by atoms with Crippen LogP contribution in [0.5, 0.6) is 0 Å². The van der Waals surface area contributed by atoms with Gasteiger partial charge in [-0.15, -0.1) is 0 Å². The molecule has 0 bridgehead atoms. The Kier molecular flexibility index (Phi) is 4.54. The third kappa shape index (κ3) is 3.87. The van der Waals surface area contributed by atoms with Gasteiger partial charge in [-0.1, -0.05) is 30.3 Å². The average molecular weight is 311 g/mol. The Balaban J connectivity index is 2.02. The molecule has 4 nitrogen and oxygen atoms in total. The molecule has 0 aliphatic rings. The molecule has 0 saturated carbocycles. The molecule has 1 unspecified atom stereocenters. The van der Waals surface area contributed by atoms with Crippen LogP contribution in [0.4, 0.5) is 13.2 Å². The molecule has 0 aliphatic carbocycles. The van der Waals surface area contributed by atoms with Gasteiger partial charge in [-0.2, -0.15) is 18.3 Å². The number of aromatic nitrogens is 2. The zero-order valence-electron chi connectivity index (χ0n) is 12.2. The lowest BCUT2D eigenvalue weighted by Crippen LogP contribution is -2.30. The number of nitrogens with zero attached hydrogens (tertiary/aromatic N) is 2. The van der Waals surface area contributed by atoms with Crippen molar-refractivity contribution in [3.63, 3.8) is 0 Å². The fraction of sp³-hybridized carbons (Fsp3) is 0.333. The first kappa shape index (κ1) is 16.1. The first-order valence-electron chi connectivity index (χ1n) is 6.73. The molecule has 1 aromatic carbocycles. The van der Waals surface area contributed by atoms with Crippen LogP contribution >= 0.6 is 0 Å². The fourth-order valence-corrected chi connectivity index (χ4v) is 2.06. The summed E-state index contributed by atoms with van der Waals surface area (Å²) in [4.78, 5) is 12.0. The Morgan fingerprint density at radius 3 is 2.50 bits per heavy atom. The van der Waals surface area contributed by atoms with Gasteiger partial charge >= 0.3 is 6.18 Å². The molecule has 1 N–H and O–H groups in total. The fourth-order valence-electron chi connectivity index (χ4n) is 2.06. The van der Waals surface area contributed by atoms with Crippen LogP contribution in [-0.2, 0) is 17.5 Å². The molecule has 1 heterocycles. The average Bonchev–Trinajstić information content (AvgIpc) is 2.81. The lowest BCUT2D eigenvalue weighted by molar-refractivity contribution is -0.141. The summed E-state index contributed by atoms with van der Waals surface area (Å²) < 4.78 is 38.8. The Morgan fingerprint density at radius 1 is 1.32 bits per heavy atom. The number of halogens is 3. The standard InChI is InChI=1S/C15H16F3N3O/c1-10-8-13(15(16,17)18)20-21(10)9-14(22)19-11(2)12-6-4-3-5-7-12/h3-8,11H,9H2,1-2H3,(H,19,22). The van der Waals surface area contributed by atoms with Gasteiger partial charge in [-0.25, -0.2) is 0 Å². The maximum absolute atomic E-state index is 12.6. The van der Waals surface area contributed by atoms with Crippen LogP contribution in [0.3, 0.4) is 0 Å². The lowest BCUT2D eigenvalue weighted by atomic mass is 10.1. The Morgan fingerprint density at radius 2 is 1.95 bits per heavy atom. The first-order valence-corrected chi connectivity index (χ1v) is 6.73. The quantitative estimate of drug-likeness (QED) is 0.943. The minimum Gasteiger partial charge on any atom is -0.348 e. The van der Waals surface area contributed by atoms with E-state index in [1.165, 1.54) is 6.92 Å². The summed E-state index contributed by atoms with van der Waals surface area (Å²) in [5, 5.41) is 6.17. The normalized spacial score (nSPS) is 13.0. The molecule has 118 valence electrons. The summed E-state index contributed by atoms with van der Waals surface area (Å²) in [5.41, 5.74) is 0.216. The van der Waals surface area contributed by atoms with Gasteiger partial charge in [0, 0.05) is 5.69 Å². The Labute approximate surface area is 125 Å². The molecule has 0 saturated heterocycles. The summed E-state index contributed by atoms with van der Waals surface area (Å²) in [6, 6.07) is 10.00. The first-order chi connectivity index (χ1) is 10.3. The third-order valence-corrected chi connectivity index (χ3v) is 3.24. The SMILES string of the molecule is Cc1cc(C(F)(F)F)nn1CC(=O)NC(C)c1ccccc1. The van der Waals surface area contributed by atoms with Gasteiger partial charge in [-0.3, -0.25) is 9.48 Å². The second-order valence-corrected chi connectivity index (χ2v) is 5.03. The van der Waals surface area contributed by atoms with Crippen molar-refractivity contribution in [2.75, 3.05) is 0 Å². The van der Waals surface area contributed by atoms with Crippen LogP contribution in [0.1, 0.15) is 29.9 Å². The van der Waals surface area contributed by atoms with E-state index < -0.39 is 17.8 Å².